The molecule has 3 nitrogen and oxygen atoms in total. The fourth-order valence-electron chi connectivity index (χ4n) is 1.78. The van der Waals surface area contributed by atoms with E-state index < -0.39 is 0 Å². The first-order valence-corrected chi connectivity index (χ1v) is 4.99. The lowest BCUT2D eigenvalue weighted by Gasteiger charge is -2.06. The van der Waals surface area contributed by atoms with Gasteiger partial charge in [-0.05, 0) is 18.1 Å². The molecule has 0 atom stereocenters. The smallest absolute Gasteiger partial charge is 0.258 e. The van der Waals surface area contributed by atoms with Gasteiger partial charge in [0.2, 0.25) is 0 Å². The Kier molecular flexibility index (Phi) is 2.68. The van der Waals surface area contributed by atoms with Crippen LogP contribution in [0.15, 0.2) is 48.5 Å². The predicted molar refractivity (Wildman–Crippen MR) is 63.3 cm³/mol. The largest absolute Gasteiger partial charge is 0.277 e. The molecule has 0 unspecified atom stereocenters. The van der Waals surface area contributed by atoms with E-state index in [1.54, 1.807) is 6.07 Å². The molecule has 0 spiro atoms. The molecule has 0 aromatic heterocycles. The van der Waals surface area contributed by atoms with Crippen LogP contribution in [0.2, 0.25) is 0 Å². The number of hydrogen-bond donors (Lipinski definition) is 0. The zero-order valence-corrected chi connectivity index (χ0v) is 8.88. The third-order valence-corrected chi connectivity index (χ3v) is 2.51. The molecule has 2 rings (SSSR count). The van der Waals surface area contributed by atoms with Gasteiger partial charge in [0.15, 0.2) is 0 Å². The van der Waals surface area contributed by atoms with Crippen molar-refractivity contribution in [1.82, 2.24) is 0 Å². The van der Waals surface area contributed by atoms with Gasteiger partial charge in [-0.15, -0.1) is 0 Å². The number of nitro benzene ring substituents is 1. The summed E-state index contributed by atoms with van der Waals surface area (Å²) in [4.78, 5) is 10.6. The van der Waals surface area contributed by atoms with Crippen LogP contribution in [0, 0.1) is 17.0 Å². The van der Waals surface area contributed by atoms with Crippen molar-refractivity contribution in [2.45, 2.75) is 6.92 Å². The molecule has 0 fully saturated rings. The summed E-state index contributed by atoms with van der Waals surface area (Å²) in [5.74, 6) is 0. The topological polar surface area (TPSA) is 43.1 Å². The zero-order valence-electron chi connectivity index (χ0n) is 8.88. The monoisotopic (exact) mass is 213 g/mol. The molecule has 0 aliphatic carbocycles. The molecule has 0 aliphatic heterocycles. The molecule has 16 heavy (non-hydrogen) atoms. The fraction of sp³-hybridized carbons (Fsp3) is 0.0769. The molecule has 3 heteroatoms. The SMILES string of the molecule is Cc1cccc([N+](=O)[O-])c1-c1ccccc1. The van der Waals surface area contributed by atoms with Gasteiger partial charge < -0.3 is 0 Å². The molecule has 0 radical (unpaired) electrons. The van der Waals surface area contributed by atoms with Crippen LogP contribution in [0.1, 0.15) is 5.56 Å². The Morgan fingerprint density at radius 1 is 1.00 bits per heavy atom. The summed E-state index contributed by atoms with van der Waals surface area (Å²) in [5.41, 5.74) is 2.66. The highest BCUT2D eigenvalue weighted by atomic mass is 16.6. The van der Waals surface area contributed by atoms with Crippen molar-refractivity contribution >= 4 is 5.69 Å². The van der Waals surface area contributed by atoms with E-state index in [0.29, 0.717) is 5.56 Å². The van der Waals surface area contributed by atoms with E-state index in [1.807, 2.05) is 43.3 Å². The Morgan fingerprint density at radius 2 is 1.69 bits per heavy atom. The highest BCUT2D eigenvalue weighted by molar-refractivity contribution is 5.76. The quantitative estimate of drug-likeness (QED) is 0.565. The van der Waals surface area contributed by atoms with Gasteiger partial charge >= 0.3 is 0 Å². The first-order valence-electron chi connectivity index (χ1n) is 4.99. The van der Waals surface area contributed by atoms with Crippen LogP contribution >= 0.6 is 0 Å². The number of nitro groups is 1. The van der Waals surface area contributed by atoms with E-state index in [-0.39, 0.29) is 10.6 Å². The number of benzene rings is 2. The molecular weight excluding hydrogens is 202 g/mol. The van der Waals surface area contributed by atoms with Crippen molar-refractivity contribution in [2.24, 2.45) is 0 Å². The molecule has 0 amide bonds. The summed E-state index contributed by atoms with van der Waals surface area (Å²) in [6.45, 7) is 1.88. The first kappa shape index (κ1) is 10.4. The summed E-state index contributed by atoms with van der Waals surface area (Å²) in [7, 11) is 0. The van der Waals surface area contributed by atoms with E-state index in [0.717, 1.165) is 11.1 Å². The molecule has 2 aromatic rings. The number of aryl methyl sites for hydroxylation is 1. The van der Waals surface area contributed by atoms with Gasteiger partial charge in [-0.1, -0.05) is 42.5 Å². The highest BCUT2D eigenvalue weighted by Gasteiger charge is 2.16. The lowest BCUT2D eigenvalue weighted by Crippen LogP contribution is -1.93. The van der Waals surface area contributed by atoms with Crippen molar-refractivity contribution in [3.05, 3.63) is 64.2 Å². The summed E-state index contributed by atoms with van der Waals surface area (Å²) in [6.07, 6.45) is 0. The zero-order chi connectivity index (χ0) is 11.5. The van der Waals surface area contributed by atoms with Crippen LogP contribution in [0.3, 0.4) is 0 Å². The molecule has 2 aromatic carbocycles. The van der Waals surface area contributed by atoms with E-state index in [2.05, 4.69) is 0 Å². The molecule has 0 aliphatic rings. The van der Waals surface area contributed by atoms with Gasteiger partial charge in [0.05, 0.1) is 10.5 Å². The fourth-order valence-corrected chi connectivity index (χ4v) is 1.78. The van der Waals surface area contributed by atoms with Crippen molar-refractivity contribution in [2.75, 3.05) is 0 Å². The van der Waals surface area contributed by atoms with E-state index in [9.17, 15) is 10.1 Å². The Balaban J connectivity index is 2.68. The van der Waals surface area contributed by atoms with Crippen LogP contribution in [-0.2, 0) is 0 Å². The average molecular weight is 213 g/mol. The molecule has 80 valence electrons. The maximum absolute atomic E-state index is 11.0. The van der Waals surface area contributed by atoms with Crippen molar-refractivity contribution in [3.8, 4) is 11.1 Å². The Labute approximate surface area is 93.5 Å². The maximum Gasteiger partial charge on any atom is 0.277 e. The maximum atomic E-state index is 11.0. The van der Waals surface area contributed by atoms with Crippen LogP contribution in [-0.4, -0.2) is 4.92 Å². The van der Waals surface area contributed by atoms with Gasteiger partial charge in [-0.3, -0.25) is 10.1 Å². The van der Waals surface area contributed by atoms with Crippen LogP contribution in [0.4, 0.5) is 5.69 Å². The number of hydrogen-bond acceptors (Lipinski definition) is 2. The molecule has 0 saturated carbocycles. The normalized spacial score (nSPS) is 10.1. The Morgan fingerprint density at radius 3 is 2.31 bits per heavy atom. The van der Waals surface area contributed by atoms with Crippen molar-refractivity contribution in [1.29, 1.82) is 0 Å². The molecule has 0 N–H and O–H groups in total. The van der Waals surface area contributed by atoms with E-state index in [1.165, 1.54) is 6.07 Å². The van der Waals surface area contributed by atoms with Crippen molar-refractivity contribution < 1.29 is 4.92 Å². The van der Waals surface area contributed by atoms with Gasteiger partial charge in [0, 0.05) is 6.07 Å². The summed E-state index contributed by atoms with van der Waals surface area (Å²) in [6, 6.07) is 14.6. The molecule has 0 heterocycles. The van der Waals surface area contributed by atoms with Gasteiger partial charge in [-0.2, -0.15) is 0 Å². The summed E-state index contributed by atoms with van der Waals surface area (Å²) in [5, 5.41) is 11.0. The summed E-state index contributed by atoms with van der Waals surface area (Å²) >= 11 is 0. The standard InChI is InChI=1S/C13H11NO2/c1-10-6-5-9-12(14(15)16)13(10)11-7-3-2-4-8-11/h2-9H,1H3. The minimum Gasteiger partial charge on any atom is -0.258 e. The van der Waals surface area contributed by atoms with Crippen LogP contribution < -0.4 is 0 Å². The Hall–Kier alpha value is -2.16. The van der Waals surface area contributed by atoms with Crippen LogP contribution in [0.5, 0.6) is 0 Å². The van der Waals surface area contributed by atoms with Gasteiger partial charge in [-0.25, -0.2) is 0 Å². The lowest BCUT2D eigenvalue weighted by atomic mass is 9.99. The van der Waals surface area contributed by atoms with E-state index >= 15 is 0 Å². The summed E-state index contributed by atoms with van der Waals surface area (Å²) < 4.78 is 0. The van der Waals surface area contributed by atoms with Gasteiger partial charge in [0.1, 0.15) is 0 Å². The number of nitrogens with zero attached hydrogens (tertiary/aromatic N) is 1. The Bertz CT molecular complexity index is 521. The number of rotatable bonds is 2. The highest BCUT2D eigenvalue weighted by Crippen LogP contribution is 2.32. The lowest BCUT2D eigenvalue weighted by molar-refractivity contribution is -0.384. The second-order valence-electron chi connectivity index (χ2n) is 3.59. The average Bonchev–Trinajstić information content (AvgIpc) is 2.29. The predicted octanol–water partition coefficient (Wildman–Crippen LogP) is 3.57. The minimum absolute atomic E-state index is 0.159. The van der Waals surface area contributed by atoms with Crippen molar-refractivity contribution in [3.63, 3.8) is 0 Å². The minimum atomic E-state index is -0.338. The second-order valence-corrected chi connectivity index (χ2v) is 3.59. The van der Waals surface area contributed by atoms with Crippen LogP contribution in [0.25, 0.3) is 11.1 Å². The van der Waals surface area contributed by atoms with E-state index in [4.69, 9.17) is 0 Å². The van der Waals surface area contributed by atoms with Gasteiger partial charge in [0.25, 0.3) is 5.69 Å². The third-order valence-electron chi connectivity index (χ3n) is 2.51. The first-order chi connectivity index (χ1) is 7.70. The third kappa shape index (κ3) is 1.80. The molecule has 0 bridgehead atoms. The molecular formula is C13H11NO2. The second kappa shape index (κ2) is 4.14. The molecule has 0 saturated heterocycles.